The lowest BCUT2D eigenvalue weighted by molar-refractivity contribution is 0.608. The lowest BCUT2D eigenvalue weighted by Gasteiger charge is -2.28. The zero-order valence-corrected chi connectivity index (χ0v) is 12.3. The number of nitrogens with two attached hydrogens (primary N) is 1. The topological polar surface area (TPSA) is 97.8 Å². The van der Waals surface area contributed by atoms with Crippen LogP contribution in [0.3, 0.4) is 0 Å². The fourth-order valence-electron chi connectivity index (χ4n) is 2.86. The molecule has 3 heterocycles. The van der Waals surface area contributed by atoms with Gasteiger partial charge < -0.3 is 4.90 Å². The van der Waals surface area contributed by atoms with Crippen molar-refractivity contribution in [2.75, 3.05) is 10.3 Å². The molecule has 2 unspecified atom stereocenters. The van der Waals surface area contributed by atoms with Crippen LogP contribution in [0.15, 0.2) is 18.5 Å². The molecule has 0 saturated carbocycles. The maximum atomic E-state index is 5.49. The summed E-state index contributed by atoms with van der Waals surface area (Å²) in [5, 5.41) is 4.16. The molecule has 2 atom stereocenters. The van der Waals surface area contributed by atoms with Crippen LogP contribution in [0.4, 0.5) is 11.9 Å². The molecule has 0 amide bonds. The molecule has 8 nitrogen and oxygen atoms in total. The van der Waals surface area contributed by atoms with Crippen LogP contribution in [0.25, 0.3) is 5.95 Å². The first-order valence-corrected chi connectivity index (χ1v) is 7.24. The van der Waals surface area contributed by atoms with Crippen LogP contribution in [-0.4, -0.2) is 36.8 Å². The van der Waals surface area contributed by atoms with Gasteiger partial charge in [0, 0.05) is 24.5 Å². The van der Waals surface area contributed by atoms with Crippen molar-refractivity contribution in [1.29, 1.82) is 0 Å². The van der Waals surface area contributed by atoms with Crippen molar-refractivity contribution in [3.05, 3.63) is 18.5 Å². The zero-order valence-electron chi connectivity index (χ0n) is 12.3. The van der Waals surface area contributed by atoms with Gasteiger partial charge in [0.2, 0.25) is 11.9 Å². The summed E-state index contributed by atoms with van der Waals surface area (Å²) in [4.78, 5) is 15.5. The molecular weight excluding hydrogens is 268 g/mol. The highest BCUT2D eigenvalue weighted by atomic mass is 15.4. The lowest BCUT2D eigenvalue weighted by atomic mass is 10.2. The Hall–Kier alpha value is -2.22. The van der Waals surface area contributed by atoms with Crippen LogP contribution in [0.2, 0.25) is 0 Å². The van der Waals surface area contributed by atoms with E-state index < -0.39 is 0 Å². The predicted molar refractivity (Wildman–Crippen MR) is 80.0 cm³/mol. The lowest BCUT2D eigenvalue weighted by Crippen LogP contribution is -2.36. The molecule has 8 heteroatoms. The summed E-state index contributed by atoms with van der Waals surface area (Å²) >= 11 is 0. The van der Waals surface area contributed by atoms with Crippen LogP contribution < -0.4 is 16.2 Å². The Morgan fingerprint density at radius 2 is 2.10 bits per heavy atom. The highest BCUT2D eigenvalue weighted by molar-refractivity contribution is 5.42. The Morgan fingerprint density at radius 1 is 1.29 bits per heavy atom. The van der Waals surface area contributed by atoms with Gasteiger partial charge in [0.1, 0.15) is 0 Å². The van der Waals surface area contributed by atoms with Crippen molar-refractivity contribution in [2.45, 2.75) is 45.2 Å². The normalized spacial score (nSPS) is 21.8. The van der Waals surface area contributed by atoms with Crippen molar-refractivity contribution < 1.29 is 0 Å². The standard InChI is InChI=1S/C13H20N8/c1-3-10-6-5-9(2)21(10)13-17-11(19-14)16-12(18-13)20-8-4-7-15-20/h4,7-10H,3,5-6,14H2,1-2H3,(H,16,17,18,19). The fourth-order valence-corrected chi connectivity index (χ4v) is 2.86. The van der Waals surface area contributed by atoms with E-state index in [4.69, 9.17) is 5.84 Å². The Morgan fingerprint density at radius 3 is 2.76 bits per heavy atom. The van der Waals surface area contributed by atoms with Gasteiger partial charge in [-0.05, 0) is 32.3 Å². The number of hydrogen-bond acceptors (Lipinski definition) is 7. The number of rotatable bonds is 4. The Labute approximate surface area is 123 Å². The van der Waals surface area contributed by atoms with E-state index in [-0.39, 0.29) is 0 Å². The maximum Gasteiger partial charge on any atom is 0.257 e. The third-order valence-corrected chi connectivity index (χ3v) is 3.94. The maximum absolute atomic E-state index is 5.49. The minimum Gasteiger partial charge on any atom is -0.335 e. The third-order valence-electron chi connectivity index (χ3n) is 3.94. The summed E-state index contributed by atoms with van der Waals surface area (Å²) in [6.45, 7) is 4.38. The van der Waals surface area contributed by atoms with Gasteiger partial charge in [-0.3, -0.25) is 5.43 Å². The van der Waals surface area contributed by atoms with Crippen LogP contribution in [0.1, 0.15) is 33.1 Å². The first-order chi connectivity index (χ1) is 10.2. The molecule has 3 N–H and O–H groups in total. The number of nitrogens with one attached hydrogen (secondary N) is 1. The molecule has 1 aliphatic heterocycles. The molecule has 21 heavy (non-hydrogen) atoms. The first-order valence-electron chi connectivity index (χ1n) is 7.24. The molecule has 0 spiro atoms. The summed E-state index contributed by atoms with van der Waals surface area (Å²) in [5.41, 5.74) is 2.51. The number of hydrazine groups is 1. The molecule has 1 aliphatic rings. The minimum absolute atomic E-state index is 0.347. The van der Waals surface area contributed by atoms with Crippen molar-refractivity contribution in [2.24, 2.45) is 5.84 Å². The monoisotopic (exact) mass is 288 g/mol. The van der Waals surface area contributed by atoms with Gasteiger partial charge in [0.25, 0.3) is 5.95 Å². The van der Waals surface area contributed by atoms with Gasteiger partial charge in [-0.15, -0.1) is 0 Å². The molecular formula is C13H20N8. The molecule has 2 aromatic rings. The molecule has 0 bridgehead atoms. The highest BCUT2D eigenvalue weighted by Crippen LogP contribution is 2.30. The molecule has 112 valence electrons. The average molecular weight is 288 g/mol. The predicted octanol–water partition coefficient (Wildman–Crippen LogP) is 1.11. The number of hydrogen-bond donors (Lipinski definition) is 2. The molecule has 0 aromatic carbocycles. The Kier molecular flexibility index (Phi) is 3.70. The number of aromatic nitrogens is 5. The quantitative estimate of drug-likeness (QED) is 0.642. The zero-order chi connectivity index (χ0) is 14.8. The van der Waals surface area contributed by atoms with Crippen molar-refractivity contribution in [3.8, 4) is 5.95 Å². The Balaban J connectivity index is 2.03. The van der Waals surface area contributed by atoms with Crippen molar-refractivity contribution >= 4 is 11.9 Å². The van der Waals surface area contributed by atoms with Gasteiger partial charge >= 0.3 is 0 Å². The molecule has 2 aromatic heterocycles. The second kappa shape index (κ2) is 5.65. The molecule has 1 saturated heterocycles. The van der Waals surface area contributed by atoms with Gasteiger partial charge in [-0.1, -0.05) is 6.92 Å². The second-order valence-corrected chi connectivity index (χ2v) is 5.25. The number of nitrogen functional groups attached to an aromatic ring is 1. The van der Waals surface area contributed by atoms with E-state index in [1.165, 1.54) is 0 Å². The summed E-state index contributed by atoms with van der Waals surface area (Å²) in [6, 6.07) is 2.69. The van der Waals surface area contributed by atoms with E-state index in [0.717, 1.165) is 19.3 Å². The van der Waals surface area contributed by atoms with E-state index in [0.29, 0.717) is 29.9 Å². The van der Waals surface area contributed by atoms with E-state index in [2.05, 4.69) is 44.2 Å². The van der Waals surface area contributed by atoms with Crippen molar-refractivity contribution in [3.63, 3.8) is 0 Å². The first kappa shape index (κ1) is 13.7. The summed E-state index contributed by atoms with van der Waals surface area (Å²) in [5.74, 6) is 6.96. The van der Waals surface area contributed by atoms with Crippen LogP contribution >= 0.6 is 0 Å². The third kappa shape index (κ3) is 2.54. The van der Waals surface area contributed by atoms with Crippen molar-refractivity contribution in [1.82, 2.24) is 24.7 Å². The van der Waals surface area contributed by atoms with Gasteiger partial charge in [-0.25, -0.2) is 10.5 Å². The van der Waals surface area contributed by atoms with Crippen LogP contribution in [0, 0.1) is 0 Å². The number of anilines is 2. The van der Waals surface area contributed by atoms with Gasteiger partial charge in [-0.2, -0.15) is 20.1 Å². The summed E-state index contributed by atoms with van der Waals surface area (Å²) < 4.78 is 1.60. The molecule has 0 radical (unpaired) electrons. The molecule has 1 fully saturated rings. The van der Waals surface area contributed by atoms with Gasteiger partial charge in [0.05, 0.1) is 0 Å². The smallest absolute Gasteiger partial charge is 0.257 e. The van der Waals surface area contributed by atoms with Crippen LogP contribution in [-0.2, 0) is 0 Å². The van der Waals surface area contributed by atoms with Gasteiger partial charge in [0.15, 0.2) is 0 Å². The molecule has 0 aliphatic carbocycles. The average Bonchev–Trinajstić information content (AvgIpc) is 3.15. The molecule has 3 rings (SSSR count). The SMILES string of the molecule is CCC1CCC(C)N1c1nc(NN)nc(-n2cccn2)n1. The van der Waals surface area contributed by atoms with E-state index in [9.17, 15) is 0 Å². The number of nitrogens with zero attached hydrogens (tertiary/aromatic N) is 6. The summed E-state index contributed by atoms with van der Waals surface area (Å²) in [7, 11) is 0. The van der Waals surface area contributed by atoms with E-state index >= 15 is 0 Å². The van der Waals surface area contributed by atoms with E-state index in [1.807, 2.05) is 6.07 Å². The minimum atomic E-state index is 0.347. The van der Waals surface area contributed by atoms with Crippen LogP contribution in [0.5, 0.6) is 0 Å². The Bertz CT molecular complexity index is 596. The summed E-state index contributed by atoms with van der Waals surface area (Å²) in [6.07, 6.45) is 6.85. The highest BCUT2D eigenvalue weighted by Gasteiger charge is 2.32. The van der Waals surface area contributed by atoms with E-state index in [1.54, 1.807) is 17.1 Å². The fraction of sp³-hybridized carbons (Fsp3) is 0.538. The largest absolute Gasteiger partial charge is 0.335 e. The second-order valence-electron chi connectivity index (χ2n) is 5.25.